The predicted octanol–water partition coefficient (Wildman–Crippen LogP) is 3.84. The van der Waals surface area contributed by atoms with Crippen molar-refractivity contribution in [3.8, 4) is 0 Å². The first-order chi connectivity index (χ1) is 13.6. The molecule has 0 aromatic heterocycles. The minimum absolute atomic E-state index is 0.0963. The van der Waals surface area contributed by atoms with Crippen molar-refractivity contribution >= 4 is 5.96 Å². The van der Waals surface area contributed by atoms with Crippen LogP contribution in [0.25, 0.3) is 0 Å². The number of hydrogen-bond acceptors (Lipinski definition) is 2. The summed E-state index contributed by atoms with van der Waals surface area (Å²) >= 11 is 0. The molecule has 2 aliphatic heterocycles. The number of aliphatic imine (C=N–C) groups is 1. The highest BCUT2D eigenvalue weighted by Gasteiger charge is 2.27. The molecule has 6 heteroatoms. The van der Waals surface area contributed by atoms with E-state index < -0.39 is 11.6 Å². The number of piperidine rings is 1. The number of nitrogens with one attached hydrogen (secondary N) is 1. The van der Waals surface area contributed by atoms with Crippen molar-refractivity contribution in [3.63, 3.8) is 0 Å². The fraction of sp³-hybridized carbons (Fsp3) is 0.682. The third kappa shape index (κ3) is 5.66. The summed E-state index contributed by atoms with van der Waals surface area (Å²) in [5, 5.41) is 3.39. The number of rotatable bonds is 6. The number of hydrogen-bond donors (Lipinski definition) is 1. The summed E-state index contributed by atoms with van der Waals surface area (Å²) in [7, 11) is 0. The van der Waals surface area contributed by atoms with Crippen LogP contribution in [0.5, 0.6) is 0 Å². The molecule has 2 fully saturated rings. The number of benzene rings is 1. The van der Waals surface area contributed by atoms with Gasteiger partial charge in [-0.1, -0.05) is 19.4 Å². The zero-order valence-corrected chi connectivity index (χ0v) is 17.3. The summed E-state index contributed by atoms with van der Waals surface area (Å²) in [4.78, 5) is 9.73. The Bertz CT molecular complexity index is 658. The van der Waals surface area contributed by atoms with Crippen LogP contribution >= 0.6 is 0 Å². The molecule has 2 heterocycles. The second-order valence-electron chi connectivity index (χ2n) is 8.22. The van der Waals surface area contributed by atoms with Crippen LogP contribution in [0.2, 0.25) is 0 Å². The van der Waals surface area contributed by atoms with Gasteiger partial charge in [0.2, 0.25) is 0 Å². The van der Waals surface area contributed by atoms with Crippen molar-refractivity contribution in [3.05, 3.63) is 35.4 Å². The summed E-state index contributed by atoms with van der Waals surface area (Å²) in [5.41, 5.74) is 0.519. The second kappa shape index (κ2) is 10.2. The van der Waals surface area contributed by atoms with Gasteiger partial charge >= 0.3 is 0 Å². The first-order valence-corrected chi connectivity index (χ1v) is 10.8. The topological polar surface area (TPSA) is 30.9 Å². The van der Waals surface area contributed by atoms with Crippen molar-refractivity contribution in [2.75, 3.05) is 45.8 Å². The molecule has 1 N–H and O–H groups in total. The van der Waals surface area contributed by atoms with Gasteiger partial charge in [-0.2, -0.15) is 0 Å². The van der Waals surface area contributed by atoms with E-state index in [1.807, 2.05) is 6.92 Å². The van der Waals surface area contributed by atoms with E-state index in [1.165, 1.54) is 57.5 Å². The van der Waals surface area contributed by atoms with Crippen LogP contribution in [0.1, 0.15) is 51.0 Å². The molecular weight excluding hydrogens is 358 g/mol. The lowest BCUT2D eigenvalue weighted by Gasteiger charge is -2.29. The smallest absolute Gasteiger partial charge is 0.193 e. The molecule has 0 bridgehead atoms. The number of guanidine groups is 1. The summed E-state index contributed by atoms with van der Waals surface area (Å²) < 4.78 is 27.2. The standard InChI is InChI=1S/C22H34F2N4/c1-3-25-22(26-14-17(2)20-8-7-19(23)13-21(20)24)28-12-9-18(16-28)15-27-10-5-4-6-11-27/h7-8,13,17-18H,3-6,9-12,14-16H2,1-2H3,(H,25,26). The van der Waals surface area contributed by atoms with E-state index in [2.05, 4.69) is 22.0 Å². The molecule has 0 amide bonds. The molecule has 1 aromatic carbocycles. The van der Waals surface area contributed by atoms with Crippen molar-refractivity contribution < 1.29 is 8.78 Å². The van der Waals surface area contributed by atoms with E-state index in [9.17, 15) is 8.78 Å². The highest BCUT2D eigenvalue weighted by Crippen LogP contribution is 2.22. The van der Waals surface area contributed by atoms with Gasteiger partial charge in [-0.25, -0.2) is 8.78 Å². The Morgan fingerprint density at radius 2 is 2.00 bits per heavy atom. The fourth-order valence-electron chi connectivity index (χ4n) is 4.33. The molecule has 2 saturated heterocycles. The average molecular weight is 393 g/mol. The van der Waals surface area contributed by atoms with Crippen LogP contribution in [0, 0.1) is 17.6 Å². The van der Waals surface area contributed by atoms with Gasteiger partial charge < -0.3 is 15.1 Å². The summed E-state index contributed by atoms with van der Waals surface area (Å²) in [5.74, 6) is 0.477. The maximum Gasteiger partial charge on any atom is 0.193 e. The Morgan fingerprint density at radius 1 is 1.21 bits per heavy atom. The third-order valence-corrected chi connectivity index (χ3v) is 5.89. The Morgan fingerprint density at radius 3 is 2.71 bits per heavy atom. The molecule has 0 saturated carbocycles. The Balaban J connectivity index is 1.57. The molecule has 1 aromatic rings. The van der Waals surface area contributed by atoms with Crippen LogP contribution in [-0.4, -0.2) is 61.6 Å². The lowest BCUT2D eigenvalue weighted by molar-refractivity contribution is 0.198. The van der Waals surface area contributed by atoms with Gasteiger partial charge in [0.25, 0.3) is 0 Å². The van der Waals surface area contributed by atoms with Gasteiger partial charge in [0.05, 0.1) is 0 Å². The Kier molecular flexibility index (Phi) is 7.65. The Hall–Kier alpha value is -1.69. The normalized spacial score (nSPS) is 22.5. The number of halogens is 2. The molecule has 4 nitrogen and oxygen atoms in total. The Labute approximate surface area is 168 Å². The highest BCUT2D eigenvalue weighted by molar-refractivity contribution is 5.80. The van der Waals surface area contributed by atoms with Gasteiger partial charge in [0.15, 0.2) is 5.96 Å². The molecule has 28 heavy (non-hydrogen) atoms. The van der Waals surface area contributed by atoms with Gasteiger partial charge in [-0.3, -0.25) is 4.99 Å². The van der Waals surface area contributed by atoms with E-state index in [-0.39, 0.29) is 5.92 Å². The summed E-state index contributed by atoms with van der Waals surface area (Å²) in [6, 6.07) is 3.80. The largest absolute Gasteiger partial charge is 0.357 e. The van der Waals surface area contributed by atoms with E-state index in [1.54, 1.807) is 0 Å². The summed E-state index contributed by atoms with van der Waals surface area (Å²) in [6.45, 7) is 11.0. The molecule has 0 radical (unpaired) electrons. The third-order valence-electron chi connectivity index (χ3n) is 5.89. The van der Waals surface area contributed by atoms with Gasteiger partial charge in [-0.05, 0) is 56.8 Å². The SMILES string of the molecule is CCNC(=NCC(C)c1ccc(F)cc1F)N1CCC(CN2CCCCC2)C1. The van der Waals surface area contributed by atoms with Crippen LogP contribution in [0.15, 0.2) is 23.2 Å². The molecule has 0 spiro atoms. The van der Waals surface area contributed by atoms with Crippen molar-refractivity contribution in [2.45, 2.75) is 45.4 Å². The second-order valence-corrected chi connectivity index (χ2v) is 8.22. The monoisotopic (exact) mass is 392 g/mol. The molecule has 2 unspecified atom stereocenters. The number of nitrogens with zero attached hydrogens (tertiary/aromatic N) is 3. The van der Waals surface area contributed by atoms with E-state index in [0.29, 0.717) is 18.0 Å². The summed E-state index contributed by atoms with van der Waals surface area (Å²) in [6.07, 6.45) is 5.23. The zero-order chi connectivity index (χ0) is 19.9. The lowest BCUT2D eigenvalue weighted by Crippen LogP contribution is -2.41. The highest BCUT2D eigenvalue weighted by atomic mass is 19.1. The molecule has 156 valence electrons. The molecular formula is C22H34F2N4. The van der Waals surface area contributed by atoms with E-state index >= 15 is 0 Å². The average Bonchev–Trinajstić information content (AvgIpc) is 3.14. The molecule has 2 aliphatic rings. The predicted molar refractivity (Wildman–Crippen MR) is 111 cm³/mol. The van der Waals surface area contributed by atoms with Gasteiger partial charge in [0, 0.05) is 44.7 Å². The van der Waals surface area contributed by atoms with Crippen LogP contribution < -0.4 is 5.32 Å². The van der Waals surface area contributed by atoms with E-state index in [0.717, 1.165) is 31.7 Å². The minimum atomic E-state index is -0.540. The zero-order valence-electron chi connectivity index (χ0n) is 17.3. The first-order valence-electron chi connectivity index (χ1n) is 10.8. The maximum atomic E-state index is 14.0. The van der Waals surface area contributed by atoms with Crippen LogP contribution in [0.4, 0.5) is 8.78 Å². The van der Waals surface area contributed by atoms with Crippen LogP contribution in [-0.2, 0) is 0 Å². The minimum Gasteiger partial charge on any atom is -0.357 e. The van der Waals surface area contributed by atoms with Gasteiger partial charge in [-0.15, -0.1) is 0 Å². The number of likely N-dealkylation sites (tertiary alicyclic amines) is 2. The van der Waals surface area contributed by atoms with Crippen LogP contribution in [0.3, 0.4) is 0 Å². The maximum absolute atomic E-state index is 14.0. The fourth-order valence-corrected chi connectivity index (χ4v) is 4.33. The van der Waals surface area contributed by atoms with Crippen molar-refractivity contribution in [1.82, 2.24) is 15.1 Å². The molecule has 0 aliphatic carbocycles. The van der Waals surface area contributed by atoms with E-state index in [4.69, 9.17) is 4.99 Å². The van der Waals surface area contributed by atoms with Gasteiger partial charge in [0.1, 0.15) is 11.6 Å². The van der Waals surface area contributed by atoms with Crippen molar-refractivity contribution in [1.29, 1.82) is 0 Å². The molecule has 2 atom stereocenters. The van der Waals surface area contributed by atoms with Crippen molar-refractivity contribution in [2.24, 2.45) is 10.9 Å². The molecule has 3 rings (SSSR count). The lowest BCUT2D eigenvalue weighted by atomic mass is 10.0. The quantitative estimate of drug-likeness (QED) is 0.589. The first kappa shape index (κ1) is 21.0.